The van der Waals surface area contributed by atoms with Crippen molar-refractivity contribution in [3.63, 3.8) is 0 Å². The molecule has 2 atom stereocenters. The third-order valence-corrected chi connectivity index (χ3v) is 19.1. The summed E-state index contributed by atoms with van der Waals surface area (Å²) in [4.78, 5) is 19.3. The lowest BCUT2D eigenvalue weighted by molar-refractivity contribution is 0.0817. The maximum Gasteiger partial charge on any atom is 0.437 e. The van der Waals surface area contributed by atoms with Gasteiger partial charge in [0.1, 0.15) is 5.82 Å². The molecule has 0 spiro atoms. The molecule has 0 saturated carbocycles. The highest BCUT2D eigenvalue weighted by Crippen LogP contribution is 2.55. The molecule has 2 aliphatic heterocycles. The van der Waals surface area contributed by atoms with Gasteiger partial charge in [-0.25, -0.2) is 30.5 Å². The summed E-state index contributed by atoms with van der Waals surface area (Å²) in [5.41, 5.74) is 5.11. The molecule has 0 aliphatic carbocycles. The molecule has 8 rings (SSSR count). The first-order valence-electron chi connectivity index (χ1n) is 25.2. The summed E-state index contributed by atoms with van der Waals surface area (Å²) >= 11 is 7.95. The van der Waals surface area contributed by atoms with Crippen molar-refractivity contribution in [1.29, 1.82) is 0 Å². The molecule has 5 aromatic carbocycles. The summed E-state index contributed by atoms with van der Waals surface area (Å²) in [6, 6.07) is 33.4. The Labute approximate surface area is 450 Å². The first-order valence-corrected chi connectivity index (χ1v) is 31.9. The number of thioether (sulfide) groups is 1. The molecule has 75 heavy (non-hydrogen) atoms. The Bertz CT molecular complexity index is 3230. The number of aliphatic hydroxyl groups excluding tert-OH is 1. The Morgan fingerprint density at radius 2 is 1.44 bits per heavy atom. The maximum atomic E-state index is 15.9. The third-order valence-electron chi connectivity index (χ3n) is 13.7. The van der Waals surface area contributed by atoms with Gasteiger partial charge in [0.2, 0.25) is 0 Å². The summed E-state index contributed by atoms with van der Waals surface area (Å²) in [5, 5.41) is 14.1. The standard InChI is InChI=1S/C55H67ClFN6O8PS3/c1-7-71-72(65,66)63(47-21-22-51(52(36-47)74(5,67)68)58-44(37-73-50-11-9-8-10-12-50)23-26-59-27-24-49(64)25-28-59)46-19-17-45(18-20-46)60-29-31-61(32-30-60)48-34-41(33-43(57)35-48)53-54(40-13-15-42(56)16-14-40)62(38(2)3)39(4)55(53)75(6,69)70/h8-22,33-36,38,44,49,58,64H,7,23-32,37H2,1-6H3,(H,65,66)/t44-/m1/s1. The zero-order valence-electron chi connectivity index (χ0n) is 43.2. The van der Waals surface area contributed by atoms with E-state index in [9.17, 15) is 31.4 Å². The average Bonchev–Trinajstić information content (AvgIpc) is 3.70. The Kier molecular flexibility index (Phi) is 17.9. The molecule has 3 heterocycles. The van der Waals surface area contributed by atoms with E-state index in [0.717, 1.165) is 46.7 Å². The van der Waals surface area contributed by atoms with Crippen LogP contribution in [0.25, 0.3) is 22.4 Å². The van der Waals surface area contributed by atoms with Crippen LogP contribution in [0.15, 0.2) is 130 Å². The van der Waals surface area contributed by atoms with Crippen LogP contribution in [0.4, 0.5) is 32.8 Å². The number of rotatable bonds is 20. The normalized spacial score (nSPS) is 16.3. The van der Waals surface area contributed by atoms with E-state index >= 15 is 4.39 Å². The van der Waals surface area contributed by atoms with Crippen LogP contribution in [-0.4, -0.2) is 119 Å². The van der Waals surface area contributed by atoms with Gasteiger partial charge in [-0.2, -0.15) is 0 Å². The van der Waals surface area contributed by atoms with Crippen LogP contribution >= 0.6 is 31.1 Å². The van der Waals surface area contributed by atoms with Crippen molar-refractivity contribution in [3.05, 3.63) is 132 Å². The lowest BCUT2D eigenvalue weighted by Gasteiger charge is -2.38. The molecule has 2 saturated heterocycles. The van der Waals surface area contributed by atoms with Gasteiger partial charge in [0.05, 0.1) is 45.3 Å². The molecular formula is C55H67ClFN6O8PS3. The molecule has 402 valence electrons. The number of benzene rings is 5. The summed E-state index contributed by atoms with van der Waals surface area (Å²) in [6.07, 6.45) is 4.15. The Balaban J connectivity index is 1.03. The quantitative estimate of drug-likeness (QED) is 0.0488. The van der Waals surface area contributed by atoms with Crippen LogP contribution in [0.2, 0.25) is 5.02 Å². The lowest BCUT2D eigenvalue weighted by atomic mass is 9.99. The zero-order valence-corrected chi connectivity index (χ0v) is 47.3. The SMILES string of the molecule is CCOP(=O)(O)N(c1ccc(N2CCN(c3cc(F)cc(-c4c(S(C)(=O)=O)c(C)n(C(C)C)c4-c4ccc(Cl)cc4)c3)CC2)cc1)c1ccc(N[C@H](CCN2CCC(O)CC2)CSc2ccccc2)c(S(C)(=O)=O)c1. The first kappa shape index (κ1) is 56.3. The maximum absolute atomic E-state index is 15.9. The van der Waals surface area contributed by atoms with Crippen LogP contribution in [0, 0.1) is 12.7 Å². The van der Waals surface area contributed by atoms with E-state index in [4.69, 9.17) is 16.1 Å². The van der Waals surface area contributed by atoms with Crippen LogP contribution in [0.3, 0.4) is 0 Å². The summed E-state index contributed by atoms with van der Waals surface area (Å²) in [5.74, 6) is 0.146. The number of nitrogens with one attached hydrogen (secondary N) is 1. The van der Waals surface area contributed by atoms with E-state index in [1.165, 1.54) is 24.5 Å². The van der Waals surface area contributed by atoms with Gasteiger partial charge in [-0.3, -0.25) is 4.52 Å². The second-order valence-corrected chi connectivity index (χ2v) is 26.7. The van der Waals surface area contributed by atoms with Crippen LogP contribution in [-0.2, 0) is 28.8 Å². The number of likely N-dealkylation sites (tertiary alicyclic amines) is 1. The van der Waals surface area contributed by atoms with Crippen molar-refractivity contribution in [1.82, 2.24) is 9.47 Å². The van der Waals surface area contributed by atoms with E-state index in [-0.39, 0.29) is 40.3 Å². The Morgan fingerprint density at radius 3 is 2.04 bits per heavy atom. The number of hydrogen-bond acceptors (Lipinski definition) is 12. The van der Waals surface area contributed by atoms with Gasteiger partial charge in [-0.05, 0) is 143 Å². The second-order valence-electron chi connectivity index (χ2n) is 19.6. The van der Waals surface area contributed by atoms with Crippen molar-refractivity contribution in [2.75, 3.05) is 90.5 Å². The minimum absolute atomic E-state index is 0.0286. The molecular weight excluding hydrogens is 1050 g/mol. The molecule has 0 amide bonds. The molecule has 0 radical (unpaired) electrons. The minimum atomic E-state index is -4.60. The van der Waals surface area contributed by atoms with Crippen molar-refractivity contribution in [3.8, 4) is 22.4 Å². The van der Waals surface area contributed by atoms with E-state index in [1.54, 1.807) is 62.0 Å². The van der Waals surface area contributed by atoms with E-state index < -0.39 is 33.2 Å². The largest absolute Gasteiger partial charge is 0.437 e. The van der Waals surface area contributed by atoms with Gasteiger partial charge in [0.25, 0.3) is 0 Å². The Morgan fingerprint density at radius 1 is 0.813 bits per heavy atom. The van der Waals surface area contributed by atoms with E-state index in [2.05, 4.69) is 20.0 Å². The first-order chi connectivity index (χ1) is 35.6. The second kappa shape index (κ2) is 23.8. The molecule has 1 aromatic heterocycles. The van der Waals surface area contributed by atoms with Crippen molar-refractivity contribution < 1.29 is 40.3 Å². The number of halogens is 2. The van der Waals surface area contributed by atoms with Gasteiger partial charge < -0.3 is 34.6 Å². The average molecular weight is 1120 g/mol. The van der Waals surface area contributed by atoms with Gasteiger partial charge in [0, 0.05) is 109 Å². The number of aromatic nitrogens is 1. The zero-order chi connectivity index (χ0) is 53.8. The van der Waals surface area contributed by atoms with Gasteiger partial charge in [0.15, 0.2) is 19.7 Å². The highest BCUT2D eigenvalue weighted by molar-refractivity contribution is 7.99. The lowest BCUT2D eigenvalue weighted by Crippen LogP contribution is -2.46. The predicted molar refractivity (Wildman–Crippen MR) is 303 cm³/mol. The number of piperazine rings is 1. The van der Waals surface area contributed by atoms with Gasteiger partial charge in [-0.15, -0.1) is 11.8 Å². The number of nitrogens with zero attached hydrogens (tertiary/aromatic N) is 5. The Hall–Kier alpha value is -4.88. The summed E-state index contributed by atoms with van der Waals surface area (Å²) in [7, 11) is -12.3. The van der Waals surface area contributed by atoms with Crippen LogP contribution in [0.1, 0.15) is 51.8 Å². The fourth-order valence-corrected chi connectivity index (χ4v) is 14.7. The van der Waals surface area contributed by atoms with Gasteiger partial charge >= 0.3 is 7.75 Å². The van der Waals surface area contributed by atoms with Gasteiger partial charge in [-0.1, -0.05) is 41.9 Å². The van der Waals surface area contributed by atoms with Crippen molar-refractivity contribution in [2.45, 2.75) is 79.8 Å². The molecule has 14 nitrogen and oxygen atoms in total. The van der Waals surface area contributed by atoms with Crippen LogP contribution < -0.4 is 19.8 Å². The van der Waals surface area contributed by atoms with Crippen LogP contribution in [0.5, 0.6) is 0 Å². The predicted octanol–water partition coefficient (Wildman–Crippen LogP) is 11.3. The number of piperidine rings is 1. The van der Waals surface area contributed by atoms with E-state index in [0.29, 0.717) is 95.8 Å². The summed E-state index contributed by atoms with van der Waals surface area (Å²) < 4.78 is 93.0. The molecule has 0 bridgehead atoms. The number of anilines is 5. The monoisotopic (exact) mass is 1120 g/mol. The smallest absolute Gasteiger partial charge is 0.393 e. The number of hydrogen-bond donors (Lipinski definition) is 3. The molecule has 1 unspecified atom stereocenters. The van der Waals surface area contributed by atoms with E-state index in [1.807, 2.05) is 79.1 Å². The molecule has 6 aromatic rings. The number of aliphatic hydroxyl groups is 1. The fraction of sp³-hybridized carbons (Fsp3) is 0.382. The van der Waals surface area contributed by atoms with Crippen molar-refractivity contribution >= 4 is 79.2 Å². The summed E-state index contributed by atoms with van der Waals surface area (Å²) in [6.45, 7) is 11.7. The fourth-order valence-electron chi connectivity index (χ4n) is 10.2. The molecule has 2 fully saturated rings. The molecule has 3 N–H and O–H groups in total. The number of sulfone groups is 2. The minimum Gasteiger partial charge on any atom is -0.393 e. The van der Waals surface area contributed by atoms with Crippen molar-refractivity contribution in [2.24, 2.45) is 0 Å². The third kappa shape index (κ3) is 13.5. The molecule has 20 heteroatoms. The topological polar surface area (TPSA) is 165 Å². The highest BCUT2D eigenvalue weighted by Gasteiger charge is 2.34. The highest BCUT2D eigenvalue weighted by atomic mass is 35.5. The molecule has 2 aliphatic rings.